The van der Waals surface area contributed by atoms with E-state index >= 15 is 0 Å². The Hall–Kier alpha value is -0.740. The number of rotatable bonds is 3. The molecule has 1 N–H and O–H groups in total. The van der Waals surface area contributed by atoms with Gasteiger partial charge in [0.25, 0.3) is 0 Å². The fraction of sp³-hybridized carbons (Fsp3) is 0.500. The average Bonchev–Trinajstić information content (AvgIpc) is 2.25. The van der Waals surface area contributed by atoms with Crippen LogP contribution in [0, 0.1) is 0 Å². The predicted molar refractivity (Wildman–Crippen MR) is 83.5 cm³/mol. The van der Waals surface area contributed by atoms with Crippen LogP contribution in [-0.2, 0) is 4.74 Å². The highest BCUT2D eigenvalue weighted by Crippen LogP contribution is 2.29. The first kappa shape index (κ1) is 16.3. The normalized spacial score (nSPS) is 12.9. The first-order chi connectivity index (χ1) is 8.73. The van der Waals surface area contributed by atoms with Crippen molar-refractivity contribution in [1.29, 1.82) is 0 Å². The lowest BCUT2D eigenvalue weighted by Gasteiger charge is -2.21. The van der Waals surface area contributed by atoms with Gasteiger partial charge in [0, 0.05) is 16.0 Å². The van der Waals surface area contributed by atoms with E-state index in [4.69, 9.17) is 16.3 Å². The van der Waals surface area contributed by atoms with Crippen LogP contribution < -0.4 is 5.32 Å². The number of benzene rings is 1. The van der Waals surface area contributed by atoms with Gasteiger partial charge in [-0.15, -0.1) is 0 Å². The molecule has 1 unspecified atom stereocenters. The van der Waals surface area contributed by atoms with Crippen LogP contribution in [0.5, 0.6) is 0 Å². The summed E-state index contributed by atoms with van der Waals surface area (Å²) in [6.07, 6.45) is -0.474. The van der Waals surface area contributed by atoms with Crippen molar-refractivity contribution in [1.82, 2.24) is 0 Å². The van der Waals surface area contributed by atoms with Crippen molar-refractivity contribution in [2.75, 3.05) is 10.6 Å². The van der Waals surface area contributed by atoms with Gasteiger partial charge in [-0.2, -0.15) is 0 Å². The molecule has 0 radical (unpaired) electrons. The van der Waals surface area contributed by atoms with E-state index in [1.165, 1.54) is 0 Å². The molecule has 0 spiro atoms. The molecule has 0 bridgehead atoms. The largest absolute Gasteiger partial charge is 0.444 e. The molecule has 0 aliphatic carbocycles. The lowest BCUT2D eigenvalue weighted by Crippen LogP contribution is -2.27. The summed E-state index contributed by atoms with van der Waals surface area (Å²) >= 11 is 9.42. The molecule has 1 amide bonds. The Morgan fingerprint density at radius 1 is 1.47 bits per heavy atom. The minimum atomic E-state index is -0.524. The first-order valence-electron chi connectivity index (χ1n) is 6.08. The number of ether oxygens (including phenoxy) is 1. The molecule has 0 aliphatic heterocycles. The molecule has 0 saturated heterocycles. The lowest BCUT2D eigenvalue weighted by molar-refractivity contribution is 0.0636. The molecular weight excluding hydrogens is 330 g/mol. The zero-order valence-corrected chi connectivity index (χ0v) is 13.9. The van der Waals surface area contributed by atoms with Gasteiger partial charge in [0.1, 0.15) is 5.60 Å². The Kier molecular flexibility index (Phi) is 5.68. The molecule has 1 atom stereocenters. The third kappa shape index (κ3) is 5.41. The van der Waals surface area contributed by atoms with E-state index in [2.05, 4.69) is 28.2 Å². The van der Waals surface area contributed by atoms with Crippen LogP contribution in [0.1, 0.15) is 39.2 Å². The number of nitrogens with one attached hydrogen (secondary N) is 1. The Balaban J connectivity index is 2.93. The second-order valence-corrected chi connectivity index (χ2v) is 6.50. The highest BCUT2D eigenvalue weighted by Gasteiger charge is 2.18. The molecule has 0 aromatic heterocycles. The third-order valence-corrected chi connectivity index (χ3v) is 3.62. The molecule has 3 nitrogen and oxygen atoms in total. The molecule has 5 heteroatoms. The molecule has 1 rings (SSSR count). The molecule has 0 heterocycles. The number of halogens is 2. The van der Waals surface area contributed by atoms with Gasteiger partial charge in [0.15, 0.2) is 0 Å². The number of anilines is 1. The van der Waals surface area contributed by atoms with Crippen LogP contribution in [0.4, 0.5) is 10.5 Å². The molecule has 1 aromatic carbocycles. The highest BCUT2D eigenvalue weighted by molar-refractivity contribution is 9.09. The third-order valence-electron chi connectivity index (χ3n) is 2.41. The first-order valence-corrected chi connectivity index (χ1v) is 7.58. The van der Waals surface area contributed by atoms with Crippen LogP contribution >= 0.6 is 27.5 Å². The van der Waals surface area contributed by atoms with Crippen molar-refractivity contribution in [3.05, 3.63) is 28.8 Å². The number of hydrogen-bond donors (Lipinski definition) is 1. The van der Waals surface area contributed by atoms with Gasteiger partial charge in [0.05, 0.1) is 0 Å². The molecule has 19 heavy (non-hydrogen) atoms. The van der Waals surface area contributed by atoms with E-state index in [1.807, 2.05) is 32.9 Å². The van der Waals surface area contributed by atoms with Crippen molar-refractivity contribution in [2.45, 2.75) is 39.2 Å². The highest BCUT2D eigenvalue weighted by atomic mass is 79.9. The summed E-state index contributed by atoms with van der Waals surface area (Å²) in [5, 5.41) is 4.14. The van der Waals surface area contributed by atoms with Crippen LogP contribution in [-0.4, -0.2) is 17.0 Å². The number of amides is 1. The van der Waals surface area contributed by atoms with Crippen LogP contribution in [0.15, 0.2) is 18.2 Å². The predicted octanol–water partition coefficient (Wildman–Crippen LogP) is 5.19. The summed E-state index contributed by atoms with van der Waals surface area (Å²) in [5.41, 5.74) is 1.19. The van der Waals surface area contributed by atoms with E-state index in [1.54, 1.807) is 6.07 Å². The second-order valence-electron chi connectivity index (χ2n) is 5.41. The number of carbonyl (C=O) groups excluding carboxylic acids is 1. The minimum absolute atomic E-state index is 0.266. The van der Waals surface area contributed by atoms with E-state index in [0.29, 0.717) is 10.7 Å². The van der Waals surface area contributed by atoms with Crippen molar-refractivity contribution < 1.29 is 9.53 Å². The van der Waals surface area contributed by atoms with E-state index in [0.717, 1.165) is 10.9 Å². The Morgan fingerprint density at radius 3 is 2.63 bits per heavy atom. The smallest absolute Gasteiger partial charge is 0.412 e. The average molecular weight is 349 g/mol. The van der Waals surface area contributed by atoms with Gasteiger partial charge in [-0.3, -0.25) is 5.32 Å². The monoisotopic (exact) mass is 347 g/mol. The maximum Gasteiger partial charge on any atom is 0.412 e. The van der Waals surface area contributed by atoms with Gasteiger partial charge < -0.3 is 4.74 Å². The summed E-state index contributed by atoms with van der Waals surface area (Å²) in [6, 6.07) is 5.47. The summed E-state index contributed by atoms with van der Waals surface area (Å²) in [7, 11) is 0. The topological polar surface area (TPSA) is 38.3 Å². The van der Waals surface area contributed by atoms with Gasteiger partial charge in [0.2, 0.25) is 0 Å². The Bertz CT molecular complexity index is 457. The quantitative estimate of drug-likeness (QED) is 0.764. The summed E-state index contributed by atoms with van der Waals surface area (Å²) in [4.78, 5) is 11.8. The molecule has 0 saturated carbocycles. The van der Waals surface area contributed by atoms with E-state index in [-0.39, 0.29) is 5.92 Å². The van der Waals surface area contributed by atoms with Crippen molar-refractivity contribution in [3.63, 3.8) is 0 Å². The van der Waals surface area contributed by atoms with Gasteiger partial charge in [-0.1, -0.05) is 40.5 Å². The lowest BCUT2D eigenvalue weighted by atomic mass is 10.0. The zero-order chi connectivity index (χ0) is 14.6. The minimum Gasteiger partial charge on any atom is -0.444 e. The van der Waals surface area contributed by atoms with Crippen LogP contribution in [0.2, 0.25) is 5.02 Å². The molecule has 0 aliphatic rings. The van der Waals surface area contributed by atoms with Crippen molar-refractivity contribution in [3.8, 4) is 0 Å². The molecule has 0 fully saturated rings. The number of hydrogen-bond acceptors (Lipinski definition) is 2. The van der Waals surface area contributed by atoms with Crippen LogP contribution in [0.25, 0.3) is 0 Å². The van der Waals surface area contributed by atoms with Crippen molar-refractivity contribution >= 4 is 39.3 Å². The number of alkyl halides is 1. The fourth-order valence-electron chi connectivity index (χ4n) is 1.56. The molecule has 1 aromatic rings. The van der Waals surface area contributed by atoms with Gasteiger partial charge in [-0.25, -0.2) is 4.79 Å². The van der Waals surface area contributed by atoms with E-state index in [9.17, 15) is 4.79 Å². The van der Waals surface area contributed by atoms with Gasteiger partial charge >= 0.3 is 6.09 Å². The zero-order valence-electron chi connectivity index (χ0n) is 11.6. The summed E-state index contributed by atoms with van der Waals surface area (Å²) in [5.74, 6) is 0.266. The van der Waals surface area contributed by atoms with Crippen molar-refractivity contribution in [2.24, 2.45) is 0 Å². The molecular formula is C14H19BrClNO2. The summed E-state index contributed by atoms with van der Waals surface area (Å²) < 4.78 is 5.25. The second kappa shape index (κ2) is 6.62. The van der Waals surface area contributed by atoms with Crippen LogP contribution in [0.3, 0.4) is 0 Å². The molecule has 106 valence electrons. The maximum atomic E-state index is 11.8. The summed E-state index contributed by atoms with van der Waals surface area (Å²) in [6.45, 7) is 7.55. The SMILES string of the molecule is CC(CBr)c1ccc(Cl)cc1NC(=O)OC(C)(C)C. The number of carbonyl (C=O) groups is 1. The maximum absolute atomic E-state index is 11.8. The fourth-order valence-corrected chi connectivity index (χ4v) is 2.08. The van der Waals surface area contributed by atoms with E-state index < -0.39 is 11.7 Å². The van der Waals surface area contributed by atoms with Gasteiger partial charge in [-0.05, 0) is 44.4 Å². The Labute approximate surface area is 127 Å². The Morgan fingerprint density at radius 2 is 2.11 bits per heavy atom. The standard InChI is InChI=1S/C14H19BrClNO2/c1-9(8-15)11-6-5-10(16)7-12(11)17-13(18)19-14(2,3)4/h5-7,9H,8H2,1-4H3,(H,17,18).